The summed E-state index contributed by atoms with van der Waals surface area (Å²) in [7, 11) is 0. The molecule has 0 aliphatic carbocycles. The summed E-state index contributed by atoms with van der Waals surface area (Å²) in [6, 6.07) is 4.50. The van der Waals surface area contributed by atoms with E-state index >= 15 is 0 Å². The summed E-state index contributed by atoms with van der Waals surface area (Å²) >= 11 is 1.81. The zero-order valence-corrected chi connectivity index (χ0v) is 9.03. The van der Waals surface area contributed by atoms with Gasteiger partial charge < -0.3 is 10.4 Å². The summed E-state index contributed by atoms with van der Waals surface area (Å²) in [4.78, 5) is 2.68. The minimum atomic E-state index is 0.223. The monoisotopic (exact) mass is 199 g/mol. The first-order valence-electron chi connectivity index (χ1n) is 4.65. The minimum Gasteiger partial charge on any atom is -0.395 e. The molecule has 3 heteroatoms. The topological polar surface area (TPSA) is 32.3 Å². The molecule has 0 amide bonds. The molecule has 1 aromatic rings. The second-order valence-corrected chi connectivity index (χ2v) is 4.55. The maximum Gasteiger partial charge on any atom is 0.0584 e. The van der Waals surface area contributed by atoms with Crippen molar-refractivity contribution in [3.63, 3.8) is 0 Å². The van der Waals surface area contributed by atoms with Crippen LogP contribution in [0.15, 0.2) is 12.1 Å². The van der Waals surface area contributed by atoms with Gasteiger partial charge in [0.1, 0.15) is 0 Å². The molecule has 1 atom stereocenters. The standard InChI is InChI=1S/C10H17NOS/c1-3-9(7-12)11-6-10-5-4-8(2)13-10/h4-5,9,11-12H,3,6-7H2,1-2H3. The van der Waals surface area contributed by atoms with Crippen LogP contribution in [0.4, 0.5) is 0 Å². The molecule has 1 heterocycles. The summed E-state index contributed by atoms with van der Waals surface area (Å²) in [5, 5.41) is 12.3. The number of hydrogen-bond donors (Lipinski definition) is 2. The molecule has 1 unspecified atom stereocenters. The Morgan fingerprint density at radius 3 is 2.77 bits per heavy atom. The molecule has 0 aromatic carbocycles. The van der Waals surface area contributed by atoms with Crippen molar-refractivity contribution in [1.29, 1.82) is 0 Å². The normalized spacial score (nSPS) is 13.2. The highest BCUT2D eigenvalue weighted by molar-refractivity contribution is 7.11. The number of thiophene rings is 1. The molecule has 2 nitrogen and oxygen atoms in total. The molecule has 0 saturated heterocycles. The fourth-order valence-electron chi connectivity index (χ4n) is 1.16. The van der Waals surface area contributed by atoms with E-state index in [9.17, 15) is 0 Å². The van der Waals surface area contributed by atoms with E-state index in [1.54, 1.807) is 11.3 Å². The van der Waals surface area contributed by atoms with Crippen molar-refractivity contribution in [3.05, 3.63) is 21.9 Å². The van der Waals surface area contributed by atoms with Crippen LogP contribution in [0.5, 0.6) is 0 Å². The molecule has 0 aliphatic heterocycles. The van der Waals surface area contributed by atoms with Crippen molar-refractivity contribution in [2.24, 2.45) is 0 Å². The molecule has 1 aromatic heterocycles. The first kappa shape index (κ1) is 10.7. The van der Waals surface area contributed by atoms with Gasteiger partial charge in [-0.2, -0.15) is 0 Å². The zero-order valence-electron chi connectivity index (χ0n) is 8.21. The minimum absolute atomic E-state index is 0.223. The van der Waals surface area contributed by atoms with E-state index in [2.05, 4.69) is 31.3 Å². The first-order chi connectivity index (χ1) is 6.26. The third kappa shape index (κ3) is 3.46. The number of rotatable bonds is 5. The molecular formula is C10H17NOS. The quantitative estimate of drug-likeness (QED) is 0.759. The van der Waals surface area contributed by atoms with Gasteiger partial charge in [-0.25, -0.2) is 0 Å². The van der Waals surface area contributed by atoms with E-state index in [4.69, 9.17) is 5.11 Å². The van der Waals surface area contributed by atoms with E-state index in [-0.39, 0.29) is 12.6 Å². The SMILES string of the molecule is CCC(CO)NCc1ccc(C)s1. The summed E-state index contributed by atoms with van der Waals surface area (Å²) < 4.78 is 0. The smallest absolute Gasteiger partial charge is 0.0584 e. The zero-order chi connectivity index (χ0) is 9.68. The van der Waals surface area contributed by atoms with Crippen molar-refractivity contribution < 1.29 is 5.11 Å². The highest BCUT2D eigenvalue weighted by atomic mass is 32.1. The van der Waals surface area contributed by atoms with Gasteiger partial charge in [-0.3, -0.25) is 0 Å². The molecule has 2 N–H and O–H groups in total. The molecule has 0 radical (unpaired) electrons. The molecular weight excluding hydrogens is 182 g/mol. The maximum absolute atomic E-state index is 8.95. The van der Waals surface area contributed by atoms with Gasteiger partial charge in [0.15, 0.2) is 0 Å². The third-order valence-corrected chi connectivity index (χ3v) is 3.07. The number of aryl methyl sites for hydroxylation is 1. The second kappa shape index (κ2) is 5.37. The average molecular weight is 199 g/mol. The number of aliphatic hydroxyl groups excluding tert-OH is 1. The van der Waals surface area contributed by atoms with Gasteiger partial charge in [-0.05, 0) is 25.5 Å². The largest absolute Gasteiger partial charge is 0.395 e. The number of hydrogen-bond acceptors (Lipinski definition) is 3. The Balaban J connectivity index is 2.33. The Hall–Kier alpha value is -0.380. The second-order valence-electron chi connectivity index (χ2n) is 3.18. The first-order valence-corrected chi connectivity index (χ1v) is 5.47. The van der Waals surface area contributed by atoms with Crippen molar-refractivity contribution >= 4 is 11.3 Å². The van der Waals surface area contributed by atoms with Gasteiger partial charge in [0.25, 0.3) is 0 Å². The van der Waals surface area contributed by atoms with Gasteiger partial charge in [-0.15, -0.1) is 11.3 Å². The van der Waals surface area contributed by atoms with Crippen molar-refractivity contribution in [2.75, 3.05) is 6.61 Å². The average Bonchev–Trinajstić information content (AvgIpc) is 2.53. The predicted molar refractivity (Wildman–Crippen MR) is 57.1 cm³/mol. The van der Waals surface area contributed by atoms with Crippen LogP contribution in [0, 0.1) is 6.92 Å². The van der Waals surface area contributed by atoms with Crippen LogP contribution in [0.1, 0.15) is 23.1 Å². The van der Waals surface area contributed by atoms with E-state index < -0.39 is 0 Å². The van der Waals surface area contributed by atoms with Crippen LogP contribution in [-0.4, -0.2) is 17.8 Å². The Morgan fingerprint density at radius 1 is 1.54 bits per heavy atom. The Bertz CT molecular complexity index is 243. The van der Waals surface area contributed by atoms with Crippen LogP contribution in [0.3, 0.4) is 0 Å². The lowest BCUT2D eigenvalue weighted by Gasteiger charge is -2.12. The number of nitrogens with one attached hydrogen (secondary N) is 1. The predicted octanol–water partition coefficient (Wildman–Crippen LogP) is 1.92. The van der Waals surface area contributed by atoms with E-state index in [0.717, 1.165) is 13.0 Å². The molecule has 0 fully saturated rings. The fraction of sp³-hybridized carbons (Fsp3) is 0.600. The van der Waals surface area contributed by atoms with Crippen molar-refractivity contribution in [3.8, 4) is 0 Å². The number of aliphatic hydroxyl groups is 1. The lowest BCUT2D eigenvalue weighted by atomic mass is 10.2. The van der Waals surface area contributed by atoms with Crippen LogP contribution in [0.2, 0.25) is 0 Å². The van der Waals surface area contributed by atoms with Gasteiger partial charge in [-0.1, -0.05) is 6.92 Å². The molecule has 1 rings (SSSR count). The summed E-state index contributed by atoms with van der Waals surface area (Å²) in [6.07, 6.45) is 0.973. The summed E-state index contributed by atoms with van der Waals surface area (Å²) in [5.74, 6) is 0. The van der Waals surface area contributed by atoms with Crippen molar-refractivity contribution in [1.82, 2.24) is 5.32 Å². The summed E-state index contributed by atoms with van der Waals surface area (Å²) in [5.41, 5.74) is 0. The Morgan fingerprint density at radius 2 is 2.31 bits per heavy atom. The lowest BCUT2D eigenvalue weighted by molar-refractivity contribution is 0.238. The van der Waals surface area contributed by atoms with Gasteiger partial charge in [0, 0.05) is 22.3 Å². The molecule has 0 aliphatic rings. The van der Waals surface area contributed by atoms with Crippen molar-refractivity contribution in [2.45, 2.75) is 32.9 Å². The highest BCUT2D eigenvalue weighted by Gasteiger charge is 2.03. The molecule has 13 heavy (non-hydrogen) atoms. The van der Waals surface area contributed by atoms with Gasteiger partial charge >= 0.3 is 0 Å². The van der Waals surface area contributed by atoms with Crippen LogP contribution in [0.25, 0.3) is 0 Å². The summed E-state index contributed by atoms with van der Waals surface area (Å²) in [6.45, 7) is 5.28. The lowest BCUT2D eigenvalue weighted by Crippen LogP contribution is -2.30. The fourth-order valence-corrected chi connectivity index (χ4v) is 2.00. The van der Waals surface area contributed by atoms with Crippen LogP contribution in [-0.2, 0) is 6.54 Å². The molecule has 0 spiro atoms. The molecule has 74 valence electrons. The van der Waals surface area contributed by atoms with E-state index in [1.807, 2.05) is 0 Å². The molecule has 0 bridgehead atoms. The third-order valence-electron chi connectivity index (χ3n) is 2.07. The Labute approximate surface area is 83.6 Å². The Kier molecular flexibility index (Phi) is 4.42. The van der Waals surface area contributed by atoms with Gasteiger partial charge in [0.2, 0.25) is 0 Å². The maximum atomic E-state index is 8.95. The molecule has 0 saturated carbocycles. The van der Waals surface area contributed by atoms with E-state index in [1.165, 1.54) is 9.75 Å². The van der Waals surface area contributed by atoms with Crippen LogP contribution >= 0.6 is 11.3 Å². The highest BCUT2D eigenvalue weighted by Crippen LogP contribution is 2.14. The van der Waals surface area contributed by atoms with Gasteiger partial charge in [0.05, 0.1) is 6.61 Å². The van der Waals surface area contributed by atoms with Crippen LogP contribution < -0.4 is 5.32 Å². The van der Waals surface area contributed by atoms with E-state index in [0.29, 0.717) is 0 Å².